The third kappa shape index (κ3) is 3.83. The van der Waals surface area contributed by atoms with Crippen molar-refractivity contribution in [2.75, 3.05) is 51.2 Å². The van der Waals surface area contributed by atoms with Crippen molar-refractivity contribution in [1.29, 1.82) is 5.26 Å². The van der Waals surface area contributed by atoms with Gasteiger partial charge in [0.1, 0.15) is 6.07 Å². The van der Waals surface area contributed by atoms with E-state index >= 15 is 0 Å². The molecule has 2 aliphatic rings. The molecule has 6 heteroatoms. The molecule has 0 N–H and O–H groups in total. The molecule has 148 valence electrons. The molecule has 1 aromatic heterocycles. The van der Waals surface area contributed by atoms with Crippen molar-refractivity contribution in [3.05, 3.63) is 36.0 Å². The predicted molar refractivity (Wildman–Crippen MR) is 112 cm³/mol. The molecule has 3 atom stereocenters. The fourth-order valence-electron chi connectivity index (χ4n) is 4.58. The number of rotatable bonds is 3. The molecule has 0 unspecified atom stereocenters. The zero-order valence-corrected chi connectivity index (χ0v) is 17.0. The van der Waals surface area contributed by atoms with Crippen LogP contribution in [0.2, 0.25) is 0 Å². The Labute approximate surface area is 167 Å². The van der Waals surface area contributed by atoms with Gasteiger partial charge in [0.05, 0.1) is 23.3 Å². The van der Waals surface area contributed by atoms with Crippen LogP contribution in [0, 0.1) is 11.3 Å². The first-order chi connectivity index (χ1) is 13.5. The zero-order valence-electron chi connectivity index (χ0n) is 17.0. The lowest BCUT2D eigenvalue weighted by Gasteiger charge is -2.44. The van der Waals surface area contributed by atoms with Crippen LogP contribution in [0.4, 0.5) is 5.69 Å². The maximum atomic E-state index is 9.41. The number of ether oxygens (including phenoxy) is 1. The van der Waals surface area contributed by atoms with Gasteiger partial charge < -0.3 is 14.5 Å². The Balaban J connectivity index is 1.56. The van der Waals surface area contributed by atoms with Crippen LogP contribution in [0.15, 0.2) is 30.5 Å². The van der Waals surface area contributed by atoms with Gasteiger partial charge in [-0.25, -0.2) is 0 Å². The molecular weight excluding hydrogens is 350 g/mol. The Morgan fingerprint density at radius 1 is 1.18 bits per heavy atom. The minimum atomic E-state index is 0.170. The summed E-state index contributed by atoms with van der Waals surface area (Å²) in [5.41, 5.74) is 2.56. The third-order valence-corrected chi connectivity index (χ3v) is 5.94. The molecule has 0 aliphatic carbocycles. The normalized spacial score (nSPS) is 27.1. The van der Waals surface area contributed by atoms with Crippen LogP contribution in [0.3, 0.4) is 0 Å². The van der Waals surface area contributed by atoms with Crippen molar-refractivity contribution in [2.45, 2.75) is 32.1 Å². The molecule has 3 heterocycles. The van der Waals surface area contributed by atoms with Gasteiger partial charge in [-0.2, -0.15) is 5.26 Å². The van der Waals surface area contributed by atoms with Gasteiger partial charge in [0, 0.05) is 62.6 Å². The predicted octanol–water partition coefficient (Wildman–Crippen LogP) is 2.34. The molecule has 0 amide bonds. The van der Waals surface area contributed by atoms with E-state index in [1.54, 1.807) is 6.20 Å². The largest absolute Gasteiger partial charge is 0.370 e. The molecule has 0 bridgehead atoms. The number of hydrogen-bond acceptors (Lipinski definition) is 6. The summed E-state index contributed by atoms with van der Waals surface area (Å²) in [6.45, 7) is 10.4. The average Bonchev–Trinajstić information content (AvgIpc) is 2.69. The quantitative estimate of drug-likeness (QED) is 0.816. The number of morpholine rings is 1. The van der Waals surface area contributed by atoms with E-state index in [0.29, 0.717) is 11.6 Å². The number of pyridine rings is 1. The number of piperazine rings is 1. The van der Waals surface area contributed by atoms with Crippen LogP contribution in [0.25, 0.3) is 10.9 Å². The van der Waals surface area contributed by atoms with Crippen LogP contribution >= 0.6 is 0 Å². The summed E-state index contributed by atoms with van der Waals surface area (Å²) in [4.78, 5) is 11.8. The van der Waals surface area contributed by atoms with E-state index in [1.165, 1.54) is 0 Å². The second kappa shape index (κ2) is 8.04. The van der Waals surface area contributed by atoms with Gasteiger partial charge in [-0.1, -0.05) is 0 Å². The van der Waals surface area contributed by atoms with Crippen LogP contribution in [0.5, 0.6) is 0 Å². The minimum Gasteiger partial charge on any atom is -0.370 e. The Bertz CT molecular complexity index is 879. The summed E-state index contributed by atoms with van der Waals surface area (Å²) in [5, 5.41) is 10.5. The summed E-state index contributed by atoms with van der Waals surface area (Å²) in [7, 11) is 2.19. The number of nitrogens with zero attached hydrogens (tertiary/aromatic N) is 5. The van der Waals surface area contributed by atoms with Gasteiger partial charge >= 0.3 is 0 Å². The van der Waals surface area contributed by atoms with Crippen molar-refractivity contribution in [1.82, 2.24) is 14.8 Å². The fourth-order valence-corrected chi connectivity index (χ4v) is 4.58. The molecule has 2 aliphatic heterocycles. The van der Waals surface area contributed by atoms with Crippen molar-refractivity contribution < 1.29 is 4.74 Å². The molecular formula is C22H29N5O. The summed E-state index contributed by atoms with van der Waals surface area (Å²) >= 11 is 0. The van der Waals surface area contributed by atoms with E-state index in [0.717, 1.165) is 55.9 Å². The van der Waals surface area contributed by atoms with Crippen LogP contribution in [-0.2, 0) is 4.74 Å². The molecule has 1 aromatic carbocycles. The van der Waals surface area contributed by atoms with Crippen LogP contribution < -0.4 is 4.90 Å². The zero-order chi connectivity index (χ0) is 19.7. The summed E-state index contributed by atoms with van der Waals surface area (Å²) in [6.07, 6.45) is 2.10. The summed E-state index contributed by atoms with van der Waals surface area (Å²) in [6, 6.07) is 10.8. The van der Waals surface area contributed by atoms with Gasteiger partial charge in [0.2, 0.25) is 0 Å². The Hall–Kier alpha value is -2.20. The van der Waals surface area contributed by atoms with Gasteiger partial charge in [-0.3, -0.25) is 9.88 Å². The Kier molecular flexibility index (Phi) is 5.49. The topological polar surface area (TPSA) is 55.6 Å². The summed E-state index contributed by atoms with van der Waals surface area (Å²) < 4.78 is 6.31. The number of nitriles is 1. The standard InChI is InChI=1S/C22H29N5O/c1-16-12-25(3)9-10-26(16)14-19-15-27(13-17(2)28-19)21-7-6-18(11-23)22-20(21)5-4-8-24-22/h4-8,16-17,19H,9-10,12-15H2,1-3H3/t16-,17-,19+/m1/s1. The molecule has 0 radical (unpaired) electrons. The monoisotopic (exact) mass is 379 g/mol. The molecule has 2 saturated heterocycles. The lowest BCUT2D eigenvalue weighted by atomic mass is 10.1. The third-order valence-electron chi connectivity index (χ3n) is 5.94. The van der Waals surface area contributed by atoms with Crippen molar-refractivity contribution in [3.63, 3.8) is 0 Å². The highest BCUT2D eigenvalue weighted by molar-refractivity contribution is 5.95. The van der Waals surface area contributed by atoms with Crippen LogP contribution in [-0.4, -0.2) is 79.3 Å². The van der Waals surface area contributed by atoms with Gasteiger partial charge in [-0.05, 0) is 45.2 Å². The van der Waals surface area contributed by atoms with Gasteiger partial charge in [0.15, 0.2) is 0 Å². The minimum absolute atomic E-state index is 0.170. The highest BCUT2D eigenvalue weighted by Gasteiger charge is 2.30. The second-order valence-corrected chi connectivity index (χ2v) is 8.22. The summed E-state index contributed by atoms with van der Waals surface area (Å²) in [5.74, 6) is 0. The maximum absolute atomic E-state index is 9.41. The number of likely N-dealkylation sites (N-methyl/N-ethyl adjacent to an activating group) is 1. The smallest absolute Gasteiger partial charge is 0.101 e. The number of anilines is 1. The fraction of sp³-hybridized carbons (Fsp3) is 0.545. The maximum Gasteiger partial charge on any atom is 0.101 e. The number of aromatic nitrogens is 1. The molecule has 6 nitrogen and oxygen atoms in total. The first-order valence-electron chi connectivity index (χ1n) is 10.2. The van der Waals surface area contributed by atoms with E-state index in [4.69, 9.17) is 4.74 Å². The molecule has 0 saturated carbocycles. The van der Waals surface area contributed by atoms with Gasteiger partial charge in [0.25, 0.3) is 0 Å². The van der Waals surface area contributed by atoms with Crippen LogP contribution in [0.1, 0.15) is 19.4 Å². The highest BCUT2D eigenvalue weighted by Crippen LogP contribution is 2.30. The number of fused-ring (bicyclic) bond motifs is 1. The molecule has 2 aromatic rings. The van der Waals surface area contributed by atoms with Crippen molar-refractivity contribution in [3.8, 4) is 6.07 Å². The SMILES string of the molecule is C[C@@H]1CN(c2ccc(C#N)c3ncccc23)C[C@H](CN2CCN(C)C[C@H]2C)O1. The highest BCUT2D eigenvalue weighted by atomic mass is 16.5. The van der Waals surface area contributed by atoms with E-state index in [9.17, 15) is 5.26 Å². The second-order valence-electron chi connectivity index (χ2n) is 8.22. The molecule has 2 fully saturated rings. The number of hydrogen-bond donors (Lipinski definition) is 0. The van der Waals surface area contributed by atoms with E-state index in [2.05, 4.69) is 58.8 Å². The van der Waals surface area contributed by atoms with Crippen molar-refractivity contribution >= 4 is 16.6 Å². The first-order valence-corrected chi connectivity index (χ1v) is 10.2. The molecule has 0 spiro atoms. The molecule has 4 rings (SSSR count). The van der Waals surface area contributed by atoms with Gasteiger partial charge in [-0.15, -0.1) is 0 Å². The Morgan fingerprint density at radius 3 is 2.82 bits per heavy atom. The van der Waals surface area contributed by atoms with E-state index in [-0.39, 0.29) is 12.2 Å². The Morgan fingerprint density at radius 2 is 2.04 bits per heavy atom. The van der Waals surface area contributed by atoms with E-state index in [1.807, 2.05) is 12.1 Å². The lowest BCUT2D eigenvalue weighted by Crippen LogP contribution is -2.56. The van der Waals surface area contributed by atoms with Crippen molar-refractivity contribution in [2.24, 2.45) is 0 Å². The van der Waals surface area contributed by atoms with E-state index < -0.39 is 0 Å². The average molecular weight is 380 g/mol. The first kappa shape index (κ1) is 19.1. The molecule has 28 heavy (non-hydrogen) atoms. The number of benzene rings is 1. The lowest BCUT2D eigenvalue weighted by molar-refractivity contribution is -0.0449.